The smallest absolute Gasteiger partial charge is 0.332 e. The van der Waals surface area contributed by atoms with Gasteiger partial charge in [0.1, 0.15) is 0 Å². The maximum atomic E-state index is 11.7. The highest BCUT2D eigenvalue weighted by Crippen LogP contribution is 2.01. The summed E-state index contributed by atoms with van der Waals surface area (Å²) in [4.78, 5) is 35.5. The largest absolute Gasteiger partial charge is 0.483 e. The minimum absolute atomic E-state index is 0.250. The predicted molar refractivity (Wildman–Crippen MR) is 59.9 cm³/mol. The van der Waals surface area contributed by atoms with Gasteiger partial charge in [-0.05, 0) is 0 Å². The molecule has 2 rings (SSSR count). The highest BCUT2D eigenvalue weighted by molar-refractivity contribution is 5.69. The molecule has 1 N–H and O–H groups in total. The van der Waals surface area contributed by atoms with Crippen LogP contribution in [-0.2, 0) is 25.9 Å². The van der Waals surface area contributed by atoms with Crippen LogP contribution in [0.3, 0.4) is 0 Å². The van der Waals surface area contributed by atoms with E-state index >= 15 is 0 Å². The van der Waals surface area contributed by atoms with Gasteiger partial charge in [-0.2, -0.15) is 0 Å². The van der Waals surface area contributed by atoms with Gasteiger partial charge in [0.05, 0.1) is 6.33 Å². The standard InChI is InChI=1S/C8H10N4O2.CH2O2/c1-10-4-9-6-5(10)7(13)12(3)8(14)11(6)2;2-1-3/h4H,1-3H3;1H,(H,2,3). The fourth-order valence-electron chi connectivity index (χ4n) is 1.47. The number of carbonyl (C=O) groups is 1. The van der Waals surface area contributed by atoms with Crippen LogP contribution >= 0.6 is 0 Å². The molecule has 0 atom stereocenters. The molecule has 0 bridgehead atoms. The molecule has 0 amide bonds. The quantitative estimate of drug-likeness (QED) is 0.575. The van der Waals surface area contributed by atoms with Crippen LogP contribution in [0.4, 0.5) is 0 Å². The van der Waals surface area contributed by atoms with Gasteiger partial charge in [-0.1, -0.05) is 0 Å². The summed E-state index contributed by atoms with van der Waals surface area (Å²) < 4.78 is 4.04. The lowest BCUT2D eigenvalue weighted by Crippen LogP contribution is -2.37. The predicted octanol–water partition coefficient (Wildman–Crippen LogP) is -1.33. The van der Waals surface area contributed by atoms with E-state index in [-0.39, 0.29) is 17.7 Å². The van der Waals surface area contributed by atoms with Gasteiger partial charge < -0.3 is 9.67 Å². The average molecular weight is 240 g/mol. The van der Waals surface area contributed by atoms with Crippen molar-refractivity contribution < 1.29 is 9.90 Å². The van der Waals surface area contributed by atoms with Crippen molar-refractivity contribution in [3.63, 3.8) is 0 Å². The van der Waals surface area contributed by atoms with E-state index in [2.05, 4.69) is 4.98 Å². The number of nitrogens with zero attached hydrogens (tertiary/aromatic N) is 4. The minimum atomic E-state index is -0.360. The highest BCUT2D eigenvalue weighted by Gasteiger charge is 2.11. The van der Waals surface area contributed by atoms with Crippen molar-refractivity contribution in [1.29, 1.82) is 0 Å². The highest BCUT2D eigenvalue weighted by atomic mass is 16.3. The second-order valence-corrected chi connectivity index (χ2v) is 3.34. The molecule has 2 heterocycles. The lowest BCUT2D eigenvalue weighted by molar-refractivity contribution is -0.122. The molecule has 0 fully saturated rings. The lowest BCUT2D eigenvalue weighted by atomic mass is 10.5. The summed E-state index contributed by atoms with van der Waals surface area (Å²) in [5.41, 5.74) is 0.180. The maximum Gasteiger partial charge on any atom is 0.332 e. The van der Waals surface area contributed by atoms with Gasteiger partial charge in [0.2, 0.25) is 0 Å². The molecule has 0 aliphatic carbocycles. The lowest BCUT2D eigenvalue weighted by Gasteiger charge is -2.02. The van der Waals surface area contributed by atoms with Crippen LogP contribution in [0.15, 0.2) is 15.9 Å². The molecule has 0 spiro atoms. The van der Waals surface area contributed by atoms with Crippen LogP contribution in [0.1, 0.15) is 0 Å². The zero-order valence-corrected chi connectivity index (χ0v) is 9.62. The Hall–Kier alpha value is -2.38. The van der Waals surface area contributed by atoms with E-state index in [4.69, 9.17) is 9.90 Å². The summed E-state index contributed by atoms with van der Waals surface area (Å²) in [6.07, 6.45) is 1.52. The van der Waals surface area contributed by atoms with Gasteiger partial charge in [-0.3, -0.25) is 18.7 Å². The van der Waals surface area contributed by atoms with Crippen molar-refractivity contribution >= 4 is 17.6 Å². The molecule has 0 saturated heterocycles. The molecule has 0 aliphatic heterocycles. The molecule has 8 nitrogen and oxygen atoms in total. The third-order valence-electron chi connectivity index (χ3n) is 2.32. The molecule has 17 heavy (non-hydrogen) atoms. The van der Waals surface area contributed by atoms with Crippen molar-refractivity contribution in [1.82, 2.24) is 18.7 Å². The Labute approximate surface area is 95.4 Å². The van der Waals surface area contributed by atoms with E-state index < -0.39 is 0 Å². The maximum absolute atomic E-state index is 11.7. The van der Waals surface area contributed by atoms with Crippen LogP contribution in [0.5, 0.6) is 0 Å². The number of aryl methyl sites for hydroxylation is 2. The second-order valence-electron chi connectivity index (χ2n) is 3.34. The van der Waals surface area contributed by atoms with Gasteiger partial charge in [0.25, 0.3) is 12.0 Å². The molecular weight excluding hydrogens is 228 g/mol. The van der Waals surface area contributed by atoms with E-state index in [1.165, 1.54) is 17.9 Å². The molecule has 0 unspecified atom stereocenters. The third-order valence-corrected chi connectivity index (χ3v) is 2.32. The van der Waals surface area contributed by atoms with Gasteiger partial charge in [0.15, 0.2) is 11.2 Å². The summed E-state index contributed by atoms with van der Waals surface area (Å²) in [5.74, 6) is 0. The van der Waals surface area contributed by atoms with Crippen molar-refractivity contribution in [2.24, 2.45) is 21.1 Å². The van der Waals surface area contributed by atoms with Crippen LogP contribution in [0.2, 0.25) is 0 Å². The van der Waals surface area contributed by atoms with Crippen molar-refractivity contribution in [2.45, 2.75) is 0 Å². The molecule has 0 radical (unpaired) electrons. The molecule has 0 aliphatic rings. The number of imidazole rings is 1. The Balaban J connectivity index is 0.000000437. The zero-order valence-electron chi connectivity index (χ0n) is 9.62. The summed E-state index contributed by atoms with van der Waals surface area (Å²) in [7, 11) is 4.77. The van der Waals surface area contributed by atoms with E-state index in [0.29, 0.717) is 11.2 Å². The van der Waals surface area contributed by atoms with Gasteiger partial charge in [-0.15, -0.1) is 0 Å². The van der Waals surface area contributed by atoms with E-state index in [1.807, 2.05) is 0 Å². The SMILES string of the molecule is Cn1c(=O)c2c(ncn2C)n(C)c1=O.O=CO. The second kappa shape index (κ2) is 4.64. The first-order valence-corrected chi connectivity index (χ1v) is 4.60. The zero-order chi connectivity index (χ0) is 13.2. The normalized spacial score (nSPS) is 9.82. The van der Waals surface area contributed by atoms with E-state index in [9.17, 15) is 9.59 Å². The Morgan fingerprint density at radius 3 is 2.29 bits per heavy atom. The molecule has 0 aromatic carbocycles. The molecule has 8 heteroatoms. The Bertz CT molecular complexity index is 664. The summed E-state index contributed by atoms with van der Waals surface area (Å²) in [5, 5.41) is 6.89. The topological polar surface area (TPSA) is 99.1 Å². The van der Waals surface area contributed by atoms with E-state index in [1.54, 1.807) is 18.7 Å². The summed E-state index contributed by atoms with van der Waals surface area (Å²) in [6.45, 7) is -0.250. The molecule has 2 aromatic heterocycles. The van der Waals surface area contributed by atoms with Crippen molar-refractivity contribution in [2.75, 3.05) is 0 Å². The Morgan fingerprint density at radius 1 is 1.24 bits per heavy atom. The van der Waals surface area contributed by atoms with Gasteiger partial charge >= 0.3 is 5.69 Å². The van der Waals surface area contributed by atoms with Crippen molar-refractivity contribution in [3.05, 3.63) is 27.2 Å². The third kappa shape index (κ3) is 1.96. The molecule has 92 valence electrons. The van der Waals surface area contributed by atoms with Gasteiger partial charge in [0, 0.05) is 21.1 Å². The first-order chi connectivity index (χ1) is 7.95. The molecular formula is C9H12N4O4. The number of hydrogen-bond donors (Lipinski definition) is 1. The van der Waals surface area contributed by atoms with E-state index in [0.717, 1.165) is 4.57 Å². The summed E-state index contributed by atoms with van der Waals surface area (Å²) >= 11 is 0. The number of carboxylic acid groups (broad SMARTS) is 1. The number of aromatic nitrogens is 4. The fraction of sp³-hybridized carbons (Fsp3) is 0.333. The molecule has 0 saturated carbocycles. The molecule has 2 aromatic rings. The average Bonchev–Trinajstić information content (AvgIpc) is 2.67. The van der Waals surface area contributed by atoms with Crippen LogP contribution in [0.25, 0.3) is 11.2 Å². The monoisotopic (exact) mass is 240 g/mol. The number of hydrogen-bond acceptors (Lipinski definition) is 4. The van der Waals surface area contributed by atoms with Crippen LogP contribution in [-0.4, -0.2) is 30.3 Å². The first-order valence-electron chi connectivity index (χ1n) is 4.60. The fourth-order valence-corrected chi connectivity index (χ4v) is 1.47. The number of fused-ring (bicyclic) bond motifs is 1. The Kier molecular flexibility index (Phi) is 3.46. The number of rotatable bonds is 0. The van der Waals surface area contributed by atoms with Crippen LogP contribution < -0.4 is 11.2 Å². The first kappa shape index (κ1) is 12.7. The van der Waals surface area contributed by atoms with Crippen molar-refractivity contribution in [3.8, 4) is 0 Å². The minimum Gasteiger partial charge on any atom is -0.483 e. The Morgan fingerprint density at radius 2 is 1.76 bits per heavy atom. The van der Waals surface area contributed by atoms with Crippen LogP contribution in [0, 0.1) is 0 Å². The van der Waals surface area contributed by atoms with Gasteiger partial charge in [-0.25, -0.2) is 9.78 Å². The summed E-state index contributed by atoms with van der Waals surface area (Å²) in [6, 6.07) is 0.